The van der Waals surface area contributed by atoms with Gasteiger partial charge in [0, 0.05) is 36.7 Å². The number of rotatable bonds is 9. The normalized spacial score (nSPS) is 10.7. The van der Waals surface area contributed by atoms with E-state index in [4.69, 9.17) is 5.26 Å². The molecule has 2 rings (SSSR count). The molecule has 0 radical (unpaired) electrons. The van der Waals surface area contributed by atoms with Gasteiger partial charge in [-0.25, -0.2) is 0 Å². The second kappa shape index (κ2) is 10.9. The summed E-state index contributed by atoms with van der Waals surface area (Å²) in [7, 11) is 4.03. The third-order valence-corrected chi connectivity index (χ3v) is 5.68. The van der Waals surface area contributed by atoms with Gasteiger partial charge >= 0.3 is 0 Å². The lowest BCUT2D eigenvalue weighted by Gasteiger charge is -2.24. The van der Waals surface area contributed by atoms with Crippen molar-refractivity contribution >= 4 is 17.7 Å². The van der Waals surface area contributed by atoms with Crippen LogP contribution in [0, 0.1) is 25.2 Å². The quantitative estimate of drug-likeness (QED) is 0.596. The van der Waals surface area contributed by atoms with Gasteiger partial charge in [-0.3, -0.25) is 4.79 Å². The molecule has 0 aliphatic rings. The maximum Gasteiger partial charge on any atom is 0.223 e. The van der Waals surface area contributed by atoms with Crippen molar-refractivity contribution < 1.29 is 4.79 Å². The van der Waals surface area contributed by atoms with Crippen LogP contribution in [0.4, 0.5) is 0 Å². The van der Waals surface area contributed by atoms with E-state index in [0.717, 1.165) is 17.9 Å². The minimum absolute atomic E-state index is 0.169. The van der Waals surface area contributed by atoms with Gasteiger partial charge in [-0.05, 0) is 68.9 Å². The Labute approximate surface area is 173 Å². The highest BCUT2D eigenvalue weighted by Crippen LogP contribution is 2.22. The fourth-order valence-electron chi connectivity index (χ4n) is 2.74. The van der Waals surface area contributed by atoms with Gasteiger partial charge in [0.2, 0.25) is 5.91 Å². The number of hydrogen-bond donors (Lipinski definition) is 0. The largest absolute Gasteiger partial charge is 0.337 e. The second-order valence-corrected chi connectivity index (χ2v) is 8.44. The van der Waals surface area contributed by atoms with Gasteiger partial charge in [0.05, 0.1) is 11.6 Å². The van der Waals surface area contributed by atoms with Gasteiger partial charge in [-0.2, -0.15) is 5.26 Å². The average Bonchev–Trinajstić information content (AvgIpc) is 2.68. The molecule has 0 aliphatic carbocycles. The van der Waals surface area contributed by atoms with Crippen molar-refractivity contribution in [2.75, 3.05) is 32.9 Å². The van der Waals surface area contributed by atoms with Crippen molar-refractivity contribution in [1.82, 2.24) is 9.80 Å². The molecule has 0 unspecified atom stereocenters. The van der Waals surface area contributed by atoms with Crippen LogP contribution in [-0.2, 0) is 11.3 Å². The SMILES string of the molecule is Cc1ccc(SCCC(=O)N(CCN(C)C)Cc2ccc(C#N)cc2)cc1C. The highest BCUT2D eigenvalue weighted by Gasteiger charge is 2.14. The van der Waals surface area contributed by atoms with Crippen molar-refractivity contribution in [1.29, 1.82) is 5.26 Å². The lowest BCUT2D eigenvalue weighted by Crippen LogP contribution is -2.36. The summed E-state index contributed by atoms with van der Waals surface area (Å²) in [6.07, 6.45) is 0.515. The van der Waals surface area contributed by atoms with Crippen LogP contribution in [0.2, 0.25) is 0 Å². The van der Waals surface area contributed by atoms with E-state index in [1.54, 1.807) is 23.9 Å². The molecule has 1 amide bonds. The van der Waals surface area contributed by atoms with Crippen molar-refractivity contribution in [3.05, 3.63) is 64.7 Å². The van der Waals surface area contributed by atoms with E-state index in [-0.39, 0.29) is 5.91 Å². The van der Waals surface area contributed by atoms with Gasteiger partial charge < -0.3 is 9.80 Å². The Bertz CT molecular complexity index is 825. The Kier molecular flexibility index (Phi) is 8.56. The van der Waals surface area contributed by atoms with E-state index in [0.29, 0.717) is 25.1 Å². The number of carbonyl (C=O) groups excluding carboxylic acids is 1. The molecular formula is C23H29N3OS. The van der Waals surface area contributed by atoms with Crippen LogP contribution in [0.1, 0.15) is 28.7 Å². The number of nitriles is 1. The molecule has 0 fully saturated rings. The third-order valence-electron chi connectivity index (χ3n) is 4.69. The van der Waals surface area contributed by atoms with Crippen LogP contribution in [-0.4, -0.2) is 48.6 Å². The van der Waals surface area contributed by atoms with Crippen LogP contribution in [0.25, 0.3) is 0 Å². The Morgan fingerprint density at radius 1 is 1.04 bits per heavy atom. The molecule has 0 heterocycles. The smallest absolute Gasteiger partial charge is 0.223 e. The van der Waals surface area contributed by atoms with E-state index in [9.17, 15) is 4.79 Å². The highest BCUT2D eigenvalue weighted by atomic mass is 32.2. The third kappa shape index (κ3) is 7.03. The Morgan fingerprint density at radius 3 is 2.36 bits per heavy atom. The van der Waals surface area contributed by atoms with Gasteiger partial charge in [-0.15, -0.1) is 11.8 Å². The number of hydrogen-bond acceptors (Lipinski definition) is 4. The molecule has 28 heavy (non-hydrogen) atoms. The summed E-state index contributed by atoms with van der Waals surface area (Å²) >= 11 is 1.73. The molecule has 0 bridgehead atoms. The standard InChI is InChI=1S/C23H29N3OS/c1-18-5-10-22(15-19(18)2)28-14-11-23(27)26(13-12-25(3)4)17-21-8-6-20(16-24)7-9-21/h5-10,15H,11-14,17H2,1-4H3. The first kappa shape index (κ1) is 22.0. The number of amides is 1. The van der Waals surface area contributed by atoms with Crippen molar-refractivity contribution in [3.8, 4) is 6.07 Å². The molecule has 2 aromatic carbocycles. The summed E-state index contributed by atoms with van der Waals surface area (Å²) < 4.78 is 0. The summed E-state index contributed by atoms with van der Waals surface area (Å²) in [6.45, 7) is 6.32. The van der Waals surface area contributed by atoms with Crippen molar-refractivity contribution in [2.24, 2.45) is 0 Å². The van der Waals surface area contributed by atoms with Gasteiger partial charge in [-0.1, -0.05) is 18.2 Å². The van der Waals surface area contributed by atoms with Crippen LogP contribution in [0.15, 0.2) is 47.4 Å². The van der Waals surface area contributed by atoms with Gasteiger partial charge in [0.1, 0.15) is 0 Å². The fraction of sp³-hybridized carbons (Fsp3) is 0.391. The molecule has 4 nitrogen and oxygen atoms in total. The number of nitrogens with zero attached hydrogens (tertiary/aromatic N) is 3. The first-order valence-electron chi connectivity index (χ1n) is 9.50. The van der Waals surface area contributed by atoms with Crippen LogP contribution in [0.5, 0.6) is 0 Å². The van der Waals surface area contributed by atoms with E-state index in [1.807, 2.05) is 31.1 Å². The lowest BCUT2D eigenvalue weighted by atomic mass is 10.1. The molecule has 5 heteroatoms. The second-order valence-electron chi connectivity index (χ2n) is 7.27. The summed E-state index contributed by atoms with van der Waals surface area (Å²) in [5.41, 5.74) is 4.26. The summed E-state index contributed by atoms with van der Waals surface area (Å²) in [5.74, 6) is 0.940. The first-order chi connectivity index (χ1) is 13.4. The summed E-state index contributed by atoms with van der Waals surface area (Å²) in [5, 5.41) is 8.94. The van der Waals surface area contributed by atoms with Crippen molar-refractivity contribution in [3.63, 3.8) is 0 Å². The topological polar surface area (TPSA) is 47.3 Å². The maximum absolute atomic E-state index is 12.8. The Balaban J connectivity index is 1.95. The number of thioether (sulfide) groups is 1. The van der Waals surface area contributed by atoms with Crippen LogP contribution >= 0.6 is 11.8 Å². The van der Waals surface area contributed by atoms with Crippen molar-refractivity contribution in [2.45, 2.75) is 31.7 Å². The minimum Gasteiger partial charge on any atom is -0.337 e. The molecule has 0 saturated carbocycles. The average molecular weight is 396 g/mol. The van der Waals surface area contributed by atoms with E-state index >= 15 is 0 Å². The summed E-state index contributed by atoms with van der Waals surface area (Å²) in [6, 6.07) is 16.0. The number of carbonyl (C=O) groups is 1. The molecule has 0 atom stereocenters. The molecule has 2 aromatic rings. The highest BCUT2D eigenvalue weighted by molar-refractivity contribution is 7.99. The van der Waals surface area contributed by atoms with Crippen LogP contribution < -0.4 is 0 Å². The zero-order chi connectivity index (χ0) is 20.5. The Morgan fingerprint density at radius 2 is 1.75 bits per heavy atom. The van der Waals surface area contributed by atoms with E-state index in [2.05, 4.69) is 43.0 Å². The fourth-order valence-corrected chi connectivity index (χ4v) is 3.67. The minimum atomic E-state index is 0.169. The molecule has 0 N–H and O–H groups in total. The zero-order valence-electron chi connectivity index (χ0n) is 17.2. The number of benzene rings is 2. The predicted molar refractivity (Wildman–Crippen MR) is 116 cm³/mol. The number of likely N-dealkylation sites (N-methyl/N-ethyl adjacent to an activating group) is 1. The monoisotopic (exact) mass is 395 g/mol. The van der Waals surface area contributed by atoms with E-state index in [1.165, 1.54) is 16.0 Å². The Hall–Kier alpha value is -2.29. The molecule has 148 valence electrons. The van der Waals surface area contributed by atoms with Crippen LogP contribution in [0.3, 0.4) is 0 Å². The summed E-state index contributed by atoms with van der Waals surface area (Å²) in [4.78, 5) is 18.1. The van der Waals surface area contributed by atoms with E-state index < -0.39 is 0 Å². The number of aryl methyl sites for hydroxylation is 2. The molecule has 0 spiro atoms. The zero-order valence-corrected chi connectivity index (χ0v) is 18.1. The molecule has 0 saturated heterocycles. The molecule has 0 aliphatic heterocycles. The molecular weight excluding hydrogens is 366 g/mol. The lowest BCUT2D eigenvalue weighted by molar-refractivity contribution is -0.131. The van der Waals surface area contributed by atoms with Gasteiger partial charge in [0.25, 0.3) is 0 Å². The van der Waals surface area contributed by atoms with Gasteiger partial charge in [0.15, 0.2) is 0 Å². The maximum atomic E-state index is 12.8. The first-order valence-corrected chi connectivity index (χ1v) is 10.5. The molecule has 0 aromatic heterocycles. The predicted octanol–water partition coefficient (Wildman–Crippen LogP) is 4.25.